The van der Waals surface area contributed by atoms with E-state index in [0.717, 1.165) is 37.1 Å². The summed E-state index contributed by atoms with van der Waals surface area (Å²) in [5, 5.41) is 0. The summed E-state index contributed by atoms with van der Waals surface area (Å²) in [4.78, 5) is 14.4. The van der Waals surface area contributed by atoms with E-state index in [1.165, 1.54) is 6.42 Å². The van der Waals surface area contributed by atoms with E-state index >= 15 is 0 Å². The van der Waals surface area contributed by atoms with Gasteiger partial charge in [0.2, 0.25) is 5.91 Å². The third-order valence-electron chi connectivity index (χ3n) is 3.71. The average Bonchev–Trinajstić information content (AvgIpc) is 2.29. The van der Waals surface area contributed by atoms with Crippen LogP contribution in [0.3, 0.4) is 0 Å². The molecule has 0 heterocycles. The number of aryl methyl sites for hydroxylation is 1. The quantitative estimate of drug-likeness (QED) is 0.867. The molecule has 0 radical (unpaired) electrons. The van der Waals surface area contributed by atoms with Gasteiger partial charge in [0, 0.05) is 18.2 Å². The van der Waals surface area contributed by atoms with Crippen LogP contribution in [0, 0.1) is 12.8 Å². The molecule has 0 unspecified atom stereocenters. The lowest BCUT2D eigenvalue weighted by Crippen LogP contribution is -2.40. The van der Waals surface area contributed by atoms with Gasteiger partial charge in [-0.1, -0.05) is 24.6 Å². The number of nitrogens with zero attached hydrogens (tertiary/aromatic N) is 1. The molecule has 2 N–H and O–H groups in total. The first-order valence-electron chi connectivity index (χ1n) is 6.81. The van der Waals surface area contributed by atoms with Crippen LogP contribution < -0.4 is 10.6 Å². The van der Waals surface area contributed by atoms with Crippen LogP contribution in [0.15, 0.2) is 24.3 Å². The number of hydrogen-bond donors (Lipinski definition) is 1. The van der Waals surface area contributed by atoms with E-state index in [0.29, 0.717) is 6.54 Å². The minimum Gasteiger partial charge on any atom is -0.330 e. The molecule has 1 aliphatic rings. The van der Waals surface area contributed by atoms with E-state index in [4.69, 9.17) is 5.73 Å². The van der Waals surface area contributed by atoms with Crippen molar-refractivity contribution in [3.63, 3.8) is 0 Å². The molecule has 1 aromatic rings. The summed E-state index contributed by atoms with van der Waals surface area (Å²) in [5.74, 6) is 0.520. The highest BCUT2D eigenvalue weighted by atomic mass is 16.2. The minimum atomic E-state index is 0.238. The Kier molecular flexibility index (Phi) is 4.37. The monoisotopic (exact) mass is 246 g/mol. The lowest BCUT2D eigenvalue weighted by Gasteiger charge is -2.32. The van der Waals surface area contributed by atoms with E-state index in [1.54, 1.807) is 0 Å². The number of para-hydroxylation sites is 1. The van der Waals surface area contributed by atoms with Crippen molar-refractivity contribution in [3.05, 3.63) is 29.8 Å². The summed E-state index contributed by atoms with van der Waals surface area (Å²) < 4.78 is 0. The molecule has 1 aliphatic carbocycles. The first-order valence-corrected chi connectivity index (χ1v) is 6.81. The van der Waals surface area contributed by atoms with Crippen LogP contribution in [-0.2, 0) is 4.79 Å². The molecule has 0 spiro atoms. The van der Waals surface area contributed by atoms with Crippen molar-refractivity contribution in [2.24, 2.45) is 11.7 Å². The molecular weight excluding hydrogens is 224 g/mol. The van der Waals surface area contributed by atoms with Gasteiger partial charge in [0.1, 0.15) is 0 Å². The number of amides is 1. The molecule has 3 nitrogen and oxygen atoms in total. The maximum atomic E-state index is 12.5. The van der Waals surface area contributed by atoms with Crippen molar-refractivity contribution >= 4 is 11.6 Å². The molecule has 2 rings (SSSR count). The molecule has 1 fully saturated rings. The molecular formula is C15H22N2O. The molecule has 0 atom stereocenters. The first kappa shape index (κ1) is 13.1. The van der Waals surface area contributed by atoms with Gasteiger partial charge in [0.15, 0.2) is 0 Å². The Bertz CT molecular complexity index is 413. The molecule has 0 aliphatic heterocycles. The molecule has 0 saturated heterocycles. The van der Waals surface area contributed by atoms with Crippen molar-refractivity contribution in [1.82, 2.24) is 0 Å². The highest BCUT2D eigenvalue weighted by molar-refractivity contribution is 5.96. The predicted molar refractivity (Wildman–Crippen MR) is 74.5 cm³/mol. The van der Waals surface area contributed by atoms with Crippen molar-refractivity contribution in [3.8, 4) is 0 Å². The second-order valence-electron chi connectivity index (χ2n) is 5.05. The van der Waals surface area contributed by atoms with Crippen LogP contribution in [0.1, 0.15) is 31.2 Å². The molecule has 0 bridgehead atoms. The topological polar surface area (TPSA) is 46.3 Å². The fraction of sp³-hybridized carbons (Fsp3) is 0.533. The zero-order valence-electron chi connectivity index (χ0n) is 11.1. The summed E-state index contributed by atoms with van der Waals surface area (Å²) in [6, 6.07) is 8.08. The fourth-order valence-electron chi connectivity index (χ4n) is 2.34. The van der Waals surface area contributed by atoms with Crippen LogP contribution in [0.4, 0.5) is 5.69 Å². The van der Waals surface area contributed by atoms with E-state index in [2.05, 4.69) is 13.0 Å². The predicted octanol–water partition coefficient (Wildman–Crippen LogP) is 2.48. The fourth-order valence-corrected chi connectivity index (χ4v) is 2.34. The Morgan fingerprint density at radius 3 is 2.67 bits per heavy atom. The Balaban J connectivity index is 2.18. The van der Waals surface area contributed by atoms with E-state index in [9.17, 15) is 4.79 Å². The zero-order chi connectivity index (χ0) is 13.0. The van der Waals surface area contributed by atoms with Crippen molar-refractivity contribution in [2.75, 3.05) is 18.0 Å². The van der Waals surface area contributed by atoms with Crippen LogP contribution in [-0.4, -0.2) is 19.0 Å². The maximum Gasteiger partial charge on any atom is 0.230 e. The van der Waals surface area contributed by atoms with Gasteiger partial charge in [-0.05, 0) is 44.4 Å². The number of benzene rings is 1. The Morgan fingerprint density at radius 2 is 2.11 bits per heavy atom. The van der Waals surface area contributed by atoms with Crippen molar-refractivity contribution < 1.29 is 4.79 Å². The second-order valence-corrected chi connectivity index (χ2v) is 5.05. The Morgan fingerprint density at radius 1 is 1.39 bits per heavy atom. The summed E-state index contributed by atoms with van der Waals surface area (Å²) in [6.45, 7) is 3.41. The number of carbonyl (C=O) groups is 1. The van der Waals surface area contributed by atoms with Gasteiger partial charge in [-0.15, -0.1) is 0 Å². The zero-order valence-corrected chi connectivity index (χ0v) is 11.1. The summed E-state index contributed by atoms with van der Waals surface area (Å²) in [7, 11) is 0. The van der Waals surface area contributed by atoms with Gasteiger partial charge in [-0.2, -0.15) is 0 Å². The summed E-state index contributed by atoms with van der Waals surface area (Å²) >= 11 is 0. The molecule has 3 heteroatoms. The molecule has 1 aromatic carbocycles. The van der Waals surface area contributed by atoms with Gasteiger partial charge in [0.05, 0.1) is 0 Å². The van der Waals surface area contributed by atoms with Gasteiger partial charge in [-0.25, -0.2) is 0 Å². The highest BCUT2D eigenvalue weighted by Gasteiger charge is 2.30. The Hall–Kier alpha value is -1.35. The molecule has 98 valence electrons. The average molecular weight is 246 g/mol. The first-order chi connectivity index (χ1) is 8.74. The lowest BCUT2D eigenvalue weighted by atomic mass is 9.84. The van der Waals surface area contributed by atoms with Crippen LogP contribution in [0.25, 0.3) is 0 Å². The molecule has 18 heavy (non-hydrogen) atoms. The van der Waals surface area contributed by atoms with Crippen molar-refractivity contribution in [2.45, 2.75) is 32.6 Å². The Labute approximate surface area is 109 Å². The largest absolute Gasteiger partial charge is 0.330 e. The second kappa shape index (κ2) is 6.01. The smallest absolute Gasteiger partial charge is 0.230 e. The number of rotatable bonds is 5. The minimum absolute atomic E-state index is 0.238. The van der Waals surface area contributed by atoms with Gasteiger partial charge >= 0.3 is 0 Å². The van der Waals surface area contributed by atoms with E-state index in [-0.39, 0.29) is 11.8 Å². The molecule has 0 aromatic heterocycles. The third-order valence-corrected chi connectivity index (χ3v) is 3.71. The SMILES string of the molecule is Cc1ccccc1N(CCCN)C(=O)C1CCC1. The highest BCUT2D eigenvalue weighted by Crippen LogP contribution is 2.31. The van der Waals surface area contributed by atoms with Gasteiger partial charge in [-0.3, -0.25) is 4.79 Å². The lowest BCUT2D eigenvalue weighted by molar-refractivity contribution is -0.124. The summed E-state index contributed by atoms with van der Waals surface area (Å²) in [5.41, 5.74) is 7.78. The van der Waals surface area contributed by atoms with Crippen LogP contribution in [0.2, 0.25) is 0 Å². The van der Waals surface area contributed by atoms with E-state index < -0.39 is 0 Å². The van der Waals surface area contributed by atoms with Crippen molar-refractivity contribution in [1.29, 1.82) is 0 Å². The maximum absolute atomic E-state index is 12.5. The normalized spacial score (nSPS) is 15.2. The van der Waals surface area contributed by atoms with E-state index in [1.807, 2.05) is 23.1 Å². The van der Waals surface area contributed by atoms with Crippen LogP contribution >= 0.6 is 0 Å². The summed E-state index contributed by atoms with van der Waals surface area (Å²) in [6.07, 6.45) is 4.13. The number of hydrogen-bond acceptors (Lipinski definition) is 2. The molecule has 1 amide bonds. The third kappa shape index (κ3) is 2.72. The molecule has 1 saturated carbocycles. The standard InChI is InChI=1S/C15H22N2O/c1-12-6-2-3-9-14(12)17(11-5-10-16)15(18)13-7-4-8-13/h2-3,6,9,13H,4-5,7-8,10-11,16H2,1H3. The number of anilines is 1. The van der Waals surface area contributed by atoms with Gasteiger partial charge in [0.25, 0.3) is 0 Å². The number of nitrogens with two attached hydrogens (primary N) is 1. The number of carbonyl (C=O) groups excluding carboxylic acids is 1. The van der Waals surface area contributed by atoms with Crippen LogP contribution in [0.5, 0.6) is 0 Å². The van der Waals surface area contributed by atoms with Gasteiger partial charge < -0.3 is 10.6 Å².